The fourth-order valence-corrected chi connectivity index (χ4v) is 6.15. The number of aryl methyl sites for hydroxylation is 2. The maximum atomic E-state index is 13.0. The molecule has 0 unspecified atom stereocenters. The minimum absolute atomic E-state index is 0.306. The van der Waals surface area contributed by atoms with Gasteiger partial charge in [-0.15, -0.1) is 11.3 Å². The summed E-state index contributed by atoms with van der Waals surface area (Å²) in [6.07, 6.45) is 10.8. The smallest absolute Gasteiger partial charge is 0.313 e. The number of likely N-dealkylation sites (N-methyl/N-ethyl adjacent to an activating group) is 1. The number of imide groups is 1. The minimum Gasteiger partial charge on any atom is -0.313 e. The monoisotopic (exact) mass is 446 g/mol. The summed E-state index contributed by atoms with van der Waals surface area (Å²) in [6, 6.07) is 1.47. The van der Waals surface area contributed by atoms with Crippen molar-refractivity contribution in [2.24, 2.45) is 0 Å². The van der Waals surface area contributed by atoms with Gasteiger partial charge < -0.3 is 4.90 Å². The quantitative estimate of drug-likeness (QED) is 0.551. The van der Waals surface area contributed by atoms with Gasteiger partial charge in [0.1, 0.15) is 12.1 Å². The van der Waals surface area contributed by atoms with Crippen LogP contribution in [0.15, 0.2) is 6.07 Å². The highest BCUT2D eigenvalue weighted by molar-refractivity contribution is 7.14. The summed E-state index contributed by atoms with van der Waals surface area (Å²) >= 11 is 1.48. The van der Waals surface area contributed by atoms with Crippen LogP contribution in [0.1, 0.15) is 77.9 Å². The number of nitrogens with zero attached hydrogens (tertiary/aromatic N) is 2. The summed E-state index contributed by atoms with van der Waals surface area (Å²) in [5, 5.41) is 0. The Morgan fingerprint density at radius 2 is 1.68 bits per heavy atom. The number of rotatable bonds is 3. The fourth-order valence-electron chi connectivity index (χ4n) is 5.00. The van der Waals surface area contributed by atoms with Crippen molar-refractivity contribution in [2.75, 3.05) is 13.6 Å². The molecular weight excluding hydrogens is 416 g/mol. The second-order valence-electron chi connectivity index (χ2n) is 8.80. The predicted molar refractivity (Wildman–Crippen MR) is 116 cm³/mol. The number of fused-ring (bicyclic) bond motifs is 1. The molecule has 3 aliphatic rings. The Morgan fingerprint density at radius 3 is 2.42 bits per heavy atom. The lowest BCUT2D eigenvalue weighted by atomic mass is 9.81. The van der Waals surface area contributed by atoms with Crippen LogP contribution in [0, 0.1) is 0 Å². The Labute approximate surface area is 186 Å². The molecule has 9 heteroatoms. The zero-order valence-electron chi connectivity index (χ0n) is 18.0. The number of carbonyl (C=O) groups excluding carboxylic acids is 4. The summed E-state index contributed by atoms with van der Waals surface area (Å²) in [7, 11) is 1.63. The van der Waals surface area contributed by atoms with E-state index in [1.165, 1.54) is 39.5 Å². The molecule has 1 aromatic heterocycles. The number of hydrogen-bond acceptors (Lipinski definition) is 5. The van der Waals surface area contributed by atoms with Gasteiger partial charge in [-0.05, 0) is 50.2 Å². The van der Waals surface area contributed by atoms with E-state index in [4.69, 9.17) is 0 Å². The normalized spacial score (nSPS) is 20.9. The molecule has 31 heavy (non-hydrogen) atoms. The second-order valence-corrected chi connectivity index (χ2v) is 9.94. The minimum atomic E-state index is -0.813. The highest BCUT2D eigenvalue weighted by atomic mass is 32.1. The zero-order valence-corrected chi connectivity index (χ0v) is 18.8. The van der Waals surface area contributed by atoms with Crippen molar-refractivity contribution < 1.29 is 19.2 Å². The van der Waals surface area contributed by atoms with Crippen LogP contribution in [0.2, 0.25) is 0 Å². The van der Waals surface area contributed by atoms with Crippen molar-refractivity contribution in [1.29, 1.82) is 0 Å². The molecule has 1 aromatic rings. The Morgan fingerprint density at radius 1 is 1.00 bits per heavy atom. The summed E-state index contributed by atoms with van der Waals surface area (Å²) in [6.45, 7) is -0.398. The first-order chi connectivity index (χ1) is 14.9. The van der Waals surface area contributed by atoms with Crippen molar-refractivity contribution in [2.45, 2.75) is 76.2 Å². The third-order valence-electron chi connectivity index (χ3n) is 6.82. The molecule has 168 valence electrons. The molecule has 2 heterocycles. The van der Waals surface area contributed by atoms with Crippen LogP contribution in [0.25, 0.3) is 0 Å². The van der Waals surface area contributed by atoms with Gasteiger partial charge in [-0.2, -0.15) is 0 Å². The van der Waals surface area contributed by atoms with Gasteiger partial charge in [0.2, 0.25) is 0 Å². The predicted octanol–water partition coefficient (Wildman–Crippen LogP) is 2.77. The summed E-state index contributed by atoms with van der Waals surface area (Å²) in [5.74, 6) is -1.27. The van der Waals surface area contributed by atoms with E-state index in [-0.39, 0.29) is 11.8 Å². The van der Waals surface area contributed by atoms with Gasteiger partial charge in [0.25, 0.3) is 17.7 Å². The van der Waals surface area contributed by atoms with Crippen LogP contribution in [-0.2, 0) is 22.4 Å². The molecule has 1 spiro atoms. The molecule has 4 rings (SSSR count). The van der Waals surface area contributed by atoms with E-state index in [2.05, 4.69) is 10.9 Å². The first-order valence-electron chi connectivity index (χ1n) is 11.2. The Balaban J connectivity index is 1.34. The molecule has 1 saturated carbocycles. The van der Waals surface area contributed by atoms with Crippen molar-refractivity contribution in [3.63, 3.8) is 0 Å². The number of thiophene rings is 1. The van der Waals surface area contributed by atoms with Gasteiger partial charge >= 0.3 is 6.03 Å². The molecule has 2 N–H and O–H groups in total. The molecule has 2 fully saturated rings. The lowest BCUT2D eigenvalue weighted by Gasteiger charge is -2.35. The van der Waals surface area contributed by atoms with E-state index >= 15 is 0 Å². The van der Waals surface area contributed by atoms with Crippen LogP contribution >= 0.6 is 11.3 Å². The SMILES string of the molecule is CN1C(=O)N(CC(=O)NNC(=O)c2cc3c(s2)CCCCCC3)C(=O)C12CCCCC2. The molecule has 2 aliphatic carbocycles. The first kappa shape index (κ1) is 21.8. The zero-order chi connectivity index (χ0) is 22.0. The summed E-state index contributed by atoms with van der Waals surface area (Å²) < 4.78 is 0. The maximum absolute atomic E-state index is 13.0. The standard InChI is InChI=1S/C22H30N4O4S/c1-25-21(30)26(20(29)22(25)11-7-4-8-12-22)14-18(27)23-24-19(28)17-13-15-9-5-2-3-6-10-16(15)31-17/h13H,2-12,14H2,1H3,(H,23,27)(H,24,28). The molecule has 0 bridgehead atoms. The second kappa shape index (κ2) is 8.98. The molecule has 8 nitrogen and oxygen atoms in total. The van der Waals surface area contributed by atoms with Gasteiger partial charge in [-0.25, -0.2) is 4.79 Å². The molecule has 1 saturated heterocycles. The lowest BCUT2D eigenvalue weighted by Crippen LogP contribution is -2.50. The molecule has 0 atom stereocenters. The van der Waals surface area contributed by atoms with Crippen LogP contribution in [0.4, 0.5) is 4.79 Å². The van der Waals surface area contributed by atoms with Crippen LogP contribution < -0.4 is 10.9 Å². The Kier molecular flexibility index (Phi) is 6.31. The molecule has 1 aliphatic heterocycles. The Bertz CT molecular complexity index is 865. The number of hydrogen-bond donors (Lipinski definition) is 2. The fraction of sp³-hybridized carbons (Fsp3) is 0.636. The highest BCUT2D eigenvalue weighted by Gasteiger charge is 2.55. The van der Waals surface area contributed by atoms with Crippen LogP contribution in [0.3, 0.4) is 0 Å². The Hall–Kier alpha value is -2.42. The number of amides is 5. The highest BCUT2D eigenvalue weighted by Crippen LogP contribution is 2.39. The van der Waals surface area contributed by atoms with Crippen molar-refractivity contribution >= 4 is 35.1 Å². The summed E-state index contributed by atoms with van der Waals surface area (Å²) in [5.41, 5.74) is 5.22. The van der Waals surface area contributed by atoms with E-state index in [0.717, 1.165) is 49.8 Å². The first-order valence-corrected chi connectivity index (χ1v) is 12.0. The summed E-state index contributed by atoms with van der Waals surface area (Å²) in [4.78, 5) is 54.8. The topological polar surface area (TPSA) is 98.8 Å². The maximum Gasteiger partial charge on any atom is 0.327 e. The van der Waals surface area contributed by atoms with Crippen molar-refractivity contribution in [3.8, 4) is 0 Å². The van der Waals surface area contributed by atoms with E-state index in [9.17, 15) is 19.2 Å². The number of urea groups is 1. The largest absolute Gasteiger partial charge is 0.327 e. The average molecular weight is 447 g/mol. The van der Waals surface area contributed by atoms with Gasteiger partial charge in [-0.1, -0.05) is 32.1 Å². The number of nitrogens with one attached hydrogen (secondary N) is 2. The molecule has 0 aromatic carbocycles. The number of hydrazine groups is 1. The van der Waals surface area contributed by atoms with Gasteiger partial charge in [0.05, 0.1) is 4.88 Å². The van der Waals surface area contributed by atoms with Gasteiger partial charge in [0.15, 0.2) is 0 Å². The lowest BCUT2D eigenvalue weighted by molar-refractivity contribution is -0.137. The van der Waals surface area contributed by atoms with Crippen molar-refractivity contribution in [1.82, 2.24) is 20.7 Å². The van der Waals surface area contributed by atoms with E-state index < -0.39 is 24.0 Å². The molecular formula is C22H30N4O4S. The van der Waals surface area contributed by atoms with E-state index in [0.29, 0.717) is 17.7 Å². The van der Waals surface area contributed by atoms with Gasteiger partial charge in [0, 0.05) is 11.9 Å². The van der Waals surface area contributed by atoms with Crippen LogP contribution in [-0.4, -0.2) is 52.7 Å². The molecule has 5 amide bonds. The van der Waals surface area contributed by atoms with E-state index in [1.807, 2.05) is 6.07 Å². The third kappa shape index (κ3) is 4.20. The number of carbonyl (C=O) groups is 4. The van der Waals surface area contributed by atoms with Crippen LogP contribution in [0.5, 0.6) is 0 Å². The van der Waals surface area contributed by atoms with Gasteiger partial charge in [-0.3, -0.25) is 30.1 Å². The molecule has 0 radical (unpaired) electrons. The van der Waals surface area contributed by atoms with E-state index in [1.54, 1.807) is 7.05 Å². The third-order valence-corrected chi connectivity index (χ3v) is 8.06. The van der Waals surface area contributed by atoms with Crippen molar-refractivity contribution in [3.05, 3.63) is 21.4 Å². The average Bonchev–Trinajstić information content (AvgIpc) is 3.22.